The van der Waals surface area contributed by atoms with Crippen LogP contribution in [0.25, 0.3) is 0 Å². The Labute approximate surface area is 160 Å². The Balaban J connectivity index is 1.32. The molecular formula is C21H28N2O4. The number of carbonyl (C=O) groups is 2. The molecule has 2 amide bonds. The lowest BCUT2D eigenvalue weighted by Crippen LogP contribution is -2.45. The molecule has 1 saturated carbocycles. The highest BCUT2D eigenvalue weighted by Crippen LogP contribution is 2.45. The molecule has 0 bridgehead atoms. The summed E-state index contributed by atoms with van der Waals surface area (Å²) in [4.78, 5) is 26.8. The molecule has 2 aliphatic heterocycles. The fourth-order valence-corrected chi connectivity index (χ4v) is 4.79. The fraction of sp³-hybridized carbons (Fsp3) is 0.619. The molecule has 6 heteroatoms. The number of methoxy groups -OCH3 is 1. The molecule has 2 fully saturated rings. The van der Waals surface area contributed by atoms with Crippen molar-refractivity contribution in [1.29, 1.82) is 0 Å². The maximum atomic E-state index is 12.9. The SMILES string of the molecule is COc1cccc2c1CC(NCCN1C(=O)CC3(CCCCC3)C1=O)CO2. The molecule has 1 saturated heterocycles. The summed E-state index contributed by atoms with van der Waals surface area (Å²) in [5, 5.41) is 3.45. The third-order valence-corrected chi connectivity index (χ3v) is 6.27. The quantitative estimate of drug-likeness (QED) is 0.804. The molecule has 3 aliphatic rings. The molecule has 1 aliphatic carbocycles. The van der Waals surface area contributed by atoms with Crippen LogP contribution in [-0.4, -0.2) is 49.6 Å². The molecule has 146 valence electrons. The molecule has 1 unspecified atom stereocenters. The number of likely N-dealkylation sites (tertiary alicyclic amines) is 1. The van der Waals surface area contributed by atoms with Crippen LogP contribution in [-0.2, 0) is 16.0 Å². The first-order valence-corrected chi connectivity index (χ1v) is 10.00. The van der Waals surface area contributed by atoms with E-state index < -0.39 is 5.41 Å². The third kappa shape index (κ3) is 3.43. The lowest BCUT2D eigenvalue weighted by Gasteiger charge is -2.31. The minimum Gasteiger partial charge on any atom is -0.496 e. The van der Waals surface area contributed by atoms with Crippen molar-refractivity contribution in [3.63, 3.8) is 0 Å². The number of amides is 2. The van der Waals surface area contributed by atoms with Gasteiger partial charge in [-0.1, -0.05) is 25.3 Å². The van der Waals surface area contributed by atoms with E-state index >= 15 is 0 Å². The predicted molar refractivity (Wildman–Crippen MR) is 101 cm³/mol. The van der Waals surface area contributed by atoms with Crippen molar-refractivity contribution in [2.45, 2.75) is 51.0 Å². The molecule has 6 nitrogen and oxygen atoms in total. The Morgan fingerprint density at radius 2 is 2.07 bits per heavy atom. The van der Waals surface area contributed by atoms with Crippen molar-refractivity contribution in [3.8, 4) is 11.5 Å². The average molecular weight is 372 g/mol. The van der Waals surface area contributed by atoms with E-state index in [0.29, 0.717) is 26.1 Å². The molecule has 4 rings (SSSR count). The zero-order valence-corrected chi connectivity index (χ0v) is 16.0. The monoisotopic (exact) mass is 372 g/mol. The Morgan fingerprint density at radius 1 is 1.26 bits per heavy atom. The van der Waals surface area contributed by atoms with Gasteiger partial charge in [0.2, 0.25) is 11.8 Å². The summed E-state index contributed by atoms with van der Waals surface area (Å²) in [5.74, 6) is 1.76. The molecule has 1 atom stereocenters. The average Bonchev–Trinajstić information content (AvgIpc) is 2.91. The van der Waals surface area contributed by atoms with E-state index in [1.807, 2.05) is 18.2 Å². The Hall–Kier alpha value is -2.08. The third-order valence-electron chi connectivity index (χ3n) is 6.27. The number of nitrogens with one attached hydrogen (secondary N) is 1. The number of nitrogens with zero attached hydrogens (tertiary/aromatic N) is 1. The maximum Gasteiger partial charge on any atom is 0.235 e. The van der Waals surface area contributed by atoms with Crippen LogP contribution in [0.4, 0.5) is 0 Å². The van der Waals surface area contributed by atoms with Crippen LogP contribution in [0, 0.1) is 5.41 Å². The van der Waals surface area contributed by atoms with Gasteiger partial charge in [0.25, 0.3) is 0 Å². The van der Waals surface area contributed by atoms with Crippen molar-refractivity contribution in [2.24, 2.45) is 5.41 Å². The van der Waals surface area contributed by atoms with E-state index in [-0.39, 0.29) is 17.9 Å². The van der Waals surface area contributed by atoms with Gasteiger partial charge in [0.1, 0.15) is 18.1 Å². The normalized spacial score (nSPS) is 24.0. The van der Waals surface area contributed by atoms with Crippen molar-refractivity contribution >= 4 is 11.8 Å². The summed E-state index contributed by atoms with van der Waals surface area (Å²) < 4.78 is 11.3. The summed E-state index contributed by atoms with van der Waals surface area (Å²) in [7, 11) is 1.67. The number of ether oxygens (including phenoxy) is 2. The highest BCUT2D eigenvalue weighted by atomic mass is 16.5. The van der Waals surface area contributed by atoms with Crippen LogP contribution >= 0.6 is 0 Å². The first-order chi connectivity index (χ1) is 13.1. The number of hydrogen-bond donors (Lipinski definition) is 1. The maximum absolute atomic E-state index is 12.9. The van der Waals surface area contributed by atoms with Gasteiger partial charge >= 0.3 is 0 Å². The van der Waals surface area contributed by atoms with Gasteiger partial charge in [0, 0.05) is 31.1 Å². The highest BCUT2D eigenvalue weighted by molar-refractivity contribution is 6.05. The minimum absolute atomic E-state index is 0.00407. The lowest BCUT2D eigenvalue weighted by atomic mass is 9.73. The van der Waals surface area contributed by atoms with Crippen LogP contribution in [0.15, 0.2) is 18.2 Å². The standard InChI is InChI=1S/C21H28N2O4/c1-26-17-6-5-7-18-16(17)12-15(14-27-18)22-10-11-23-19(24)13-21(20(23)25)8-3-2-4-9-21/h5-7,15,22H,2-4,8-14H2,1H3. The molecule has 2 heterocycles. The molecule has 0 aromatic heterocycles. The molecular weight excluding hydrogens is 344 g/mol. The van der Waals surface area contributed by atoms with Crippen molar-refractivity contribution in [2.75, 3.05) is 26.8 Å². The number of hydrogen-bond acceptors (Lipinski definition) is 5. The van der Waals surface area contributed by atoms with Gasteiger partial charge in [-0.2, -0.15) is 0 Å². The second-order valence-electron chi connectivity index (χ2n) is 7.97. The zero-order valence-electron chi connectivity index (χ0n) is 16.0. The molecule has 1 aromatic rings. The Kier molecular flexibility index (Phi) is 5.08. The Morgan fingerprint density at radius 3 is 2.85 bits per heavy atom. The second-order valence-corrected chi connectivity index (χ2v) is 7.97. The predicted octanol–water partition coefficient (Wildman–Crippen LogP) is 2.30. The highest BCUT2D eigenvalue weighted by Gasteiger charge is 2.51. The van der Waals surface area contributed by atoms with Crippen LogP contribution in [0.5, 0.6) is 11.5 Å². The number of benzene rings is 1. The van der Waals surface area contributed by atoms with E-state index in [0.717, 1.165) is 49.2 Å². The summed E-state index contributed by atoms with van der Waals surface area (Å²) in [6, 6.07) is 5.97. The summed E-state index contributed by atoms with van der Waals surface area (Å²) >= 11 is 0. The molecule has 1 N–H and O–H groups in total. The van der Waals surface area contributed by atoms with Gasteiger partial charge < -0.3 is 14.8 Å². The smallest absolute Gasteiger partial charge is 0.235 e. The molecule has 0 radical (unpaired) electrons. The topological polar surface area (TPSA) is 67.9 Å². The van der Waals surface area contributed by atoms with Crippen molar-refractivity contribution in [3.05, 3.63) is 23.8 Å². The number of carbonyl (C=O) groups excluding carboxylic acids is 2. The number of imide groups is 1. The molecule has 1 aromatic carbocycles. The van der Waals surface area contributed by atoms with E-state index in [9.17, 15) is 9.59 Å². The van der Waals surface area contributed by atoms with Crippen LogP contribution in [0.1, 0.15) is 44.1 Å². The van der Waals surface area contributed by atoms with Crippen molar-refractivity contribution < 1.29 is 19.1 Å². The van der Waals surface area contributed by atoms with Crippen molar-refractivity contribution in [1.82, 2.24) is 10.2 Å². The van der Waals surface area contributed by atoms with Crippen LogP contribution < -0.4 is 14.8 Å². The van der Waals surface area contributed by atoms with E-state index in [4.69, 9.17) is 9.47 Å². The first kappa shape index (κ1) is 18.3. The molecule has 27 heavy (non-hydrogen) atoms. The van der Waals surface area contributed by atoms with Gasteiger partial charge in [-0.3, -0.25) is 14.5 Å². The van der Waals surface area contributed by atoms with Gasteiger partial charge in [0.15, 0.2) is 0 Å². The first-order valence-electron chi connectivity index (χ1n) is 10.00. The summed E-state index contributed by atoms with van der Waals surface area (Å²) in [6.07, 6.45) is 6.26. The summed E-state index contributed by atoms with van der Waals surface area (Å²) in [5.41, 5.74) is 0.675. The van der Waals surface area contributed by atoms with E-state index in [2.05, 4.69) is 5.32 Å². The Bertz CT molecular complexity index is 713. The van der Waals surface area contributed by atoms with Gasteiger partial charge in [-0.25, -0.2) is 0 Å². The minimum atomic E-state index is -0.393. The van der Waals surface area contributed by atoms with Gasteiger partial charge in [0.05, 0.1) is 12.5 Å². The van der Waals surface area contributed by atoms with E-state index in [1.165, 1.54) is 11.3 Å². The van der Waals surface area contributed by atoms with Gasteiger partial charge in [-0.15, -0.1) is 0 Å². The van der Waals surface area contributed by atoms with Gasteiger partial charge in [-0.05, 0) is 31.4 Å². The number of fused-ring (bicyclic) bond motifs is 1. The van der Waals surface area contributed by atoms with E-state index in [1.54, 1.807) is 7.11 Å². The second kappa shape index (κ2) is 7.50. The largest absolute Gasteiger partial charge is 0.496 e. The fourth-order valence-electron chi connectivity index (χ4n) is 4.79. The zero-order chi connectivity index (χ0) is 18.9. The number of rotatable bonds is 5. The lowest BCUT2D eigenvalue weighted by molar-refractivity contribution is -0.142. The van der Waals surface area contributed by atoms with Crippen LogP contribution in [0.3, 0.4) is 0 Å². The molecule has 1 spiro atoms. The summed E-state index contributed by atoms with van der Waals surface area (Å²) in [6.45, 7) is 1.60. The van der Waals surface area contributed by atoms with Crippen LogP contribution in [0.2, 0.25) is 0 Å².